The summed E-state index contributed by atoms with van der Waals surface area (Å²) in [7, 11) is 0. The molecule has 1 aromatic carbocycles. The van der Waals surface area contributed by atoms with E-state index in [0.717, 1.165) is 6.07 Å². The second-order valence-corrected chi connectivity index (χ2v) is 4.61. The molecule has 0 aliphatic heterocycles. The largest absolute Gasteiger partial charge is 0.419 e. The zero-order valence-electron chi connectivity index (χ0n) is 8.23. The molecule has 0 bridgehead atoms. The van der Waals surface area contributed by atoms with Crippen LogP contribution in [0.3, 0.4) is 0 Å². The van der Waals surface area contributed by atoms with Crippen molar-refractivity contribution in [2.45, 2.75) is 6.18 Å². The molecule has 3 nitrogen and oxygen atoms in total. The van der Waals surface area contributed by atoms with Gasteiger partial charge in [0, 0.05) is 15.9 Å². The molecule has 9 heteroatoms. The maximum Gasteiger partial charge on any atom is 0.419 e. The molecule has 0 radical (unpaired) electrons. The molecular weight excluding hydrogens is 360 g/mol. The molecular formula is C9H2BrCl2F3N2O. The molecule has 1 heterocycles. The van der Waals surface area contributed by atoms with Gasteiger partial charge in [-0.1, -0.05) is 23.2 Å². The lowest BCUT2D eigenvalue weighted by Crippen LogP contribution is -2.07. The fourth-order valence-electron chi connectivity index (χ4n) is 1.29. The van der Waals surface area contributed by atoms with Crippen LogP contribution in [0, 0.1) is 0 Å². The van der Waals surface area contributed by atoms with Crippen molar-refractivity contribution in [1.29, 1.82) is 0 Å². The monoisotopic (exact) mass is 360 g/mol. The molecule has 0 N–H and O–H groups in total. The lowest BCUT2D eigenvalue weighted by atomic mass is 10.1. The molecule has 0 fully saturated rings. The second kappa shape index (κ2) is 4.71. The Morgan fingerprint density at radius 3 is 2.33 bits per heavy atom. The predicted octanol–water partition coefficient (Wildman–Crippen LogP) is 4.82. The number of nitrogens with zero attached hydrogens (tertiary/aromatic N) is 2. The smallest absolute Gasteiger partial charge is 0.411 e. The van der Waals surface area contributed by atoms with E-state index in [4.69, 9.17) is 27.6 Å². The molecule has 0 unspecified atom stereocenters. The van der Waals surface area contributed by atoms with Crippen LogP contribution < -0.4 is 0 Å². The van der Waals surface area contributed by atoms with Crippen molar-refractivity contribution in [3.05, 3.63) is 32.5 Å². The third kappa shape index (κ3) is 2.48. The number of alkyl halides is 3. The Balaban J connectivity index is 2.65. The van der Waals surface area contributed by atoms with Gasteiger partial charge in [0.1, 0.15) is 0 Å². The molecule has 0 aliphatic carbocycles. The van der Waals surface area contributed by atoms with Crippen LogP contribution in [0.2, 0.25) is 10.0 Å². The lowest BCUT2D eigenvalue weighted by molar-refractivity contribution is -0.137. The van der Waals surface area contributed by atoms with Crippen LogP contribution in [0.25, 0.3) is 11.5 Å². The van der Waals surface area contributed by atoms with E-state index < -0.39 is 21.8 Å². The standard InChI is InChI=1S/C9H2BrCl2F3N2O/c10-8-17-16-7(18-8)3-1-2-4(11)5(6(3)12)9(13,14)15/h1-2H. The summed E-state index contributed by atoms with van der Waals surface area (Å²) in [4.78, 5) is 0.0390. The van der Waals surface area contributed by atoms with Crippen molar-refractivity contribution < 1.29 is 17.6 Å². The van der Waals surface area contributed by atoms with Crippen LogP contribution in [0.15, 0.2) is 21.3 Å². The van der Waals surface area contributed by atoms with Crippen molar-refractivity contribution >= 4 is 39.1 Å². The normalized spacial score (nSPS) is 11.9. The molecule has 96 valence electrons. The highest BCUT2D eigenvalue weighted by molar-refractivity contribution is 9.10. The van der Waals surface area contributed by atoms with Crippen molar-refractivity contribution in [1.82, 2.24) is 10.2 Å². The molecule has 0 saturated heterocycles. The Hall–Kier alpha value is -0.790. The Labute approximate surface area is 117 Å². The van der Waals surface area contributed by atoms with Crippen LogP contribution in [-0.2, 0) is 6.18 Å². The number of aromatic nitrogens is 2. The number of benzene rings is 1. The topological polar surface area (TPSA) is 38.9 Å². The van der Waals surface area contributed by atoms with E-state index in [2.05, 4.69) is 26.1 Å². The Kier molecular flexibility index (Phi) is 3.57. The highest BCUT2D eigenvalue weighted by Crippen LogP contribution is 2.43. The van der Waals surface area contributed by atoms with E-state index in [-0.39, 0.29) is 16.3 Å². The van der Waals surface area contributed by atoms with Crippen LogP contribution in [0.4, 0.5) is 13.2 Å². The van der Waals surface area contributed by atoms with Gasteiger partial charge in [0.05, 0.1) is 21.2 Å². The summed E-state index contributed by atoms with van der Waals surface area (Å²) in [6, 6.07) is 2.35. The number of halogens is 6. The van der Waals surface area contributed by atoms with Crippen molar-refractivity contribution in [2.24, 2.45) is 0 Å². The summed E-state index contributed by atoms with van der Waals surface area (Å²) in [6.45, 7) is 0. The maximum absolute atomic E-state index is 12.8. The minimum Gasteiger partial charge on any atom is -0.411 e. The van der Waals surface area contributed by atoms with Gasteiger partial charge in [0.25, 0.3) is 4.80 Å². The van der Waals surface area contributed by atoms with Crippen molar-refractivity contribution in [3.8, 4) is 11.5 Å². The number of hydrogen-bond acceptors (Lipinski definition) is 3. The van der Waals surface area contributed by atoms with Gasteiger partial charge in [0.2, 0.25) is 5.89 Å². The van der Waals surface area contributed by atoms with Gasteiger partial charge < -0.3 is 4.42 Å². The first-order valence-corrected chi connectivity index (χ1v) is 5.90. The van der Waals surface area contributed by atoms with Gasteiger partial charge in [-0.25, -0.2) is 0 Å². The molecule has 2 aromatic rings. The van der Waals surface area contributed by atoms with Crippen LogP contribution in [-0.4, -0.2) is 10.2 Å². The van der Waals surface area contributed by atoms with E-state index in [1.807, 2.05) is 0 Å². The quantitative estimate of drug-likeness (QED) is 0.730. The molecule has 0 atom stereocenters. The molecule has 18 heavy (non-hydrogen) atoms. The van der Waals surface area contributed by atoms with E-state index >= 15 is 0 Å². The fraction of sp³-hybridized carbons (Fsp3) is 0.111. The van der Waals surface area contributed by atoms with Gasteiger partial charge in [-0.05, 0) is 12.1 Å². The van der Waals surface area contributed by atoms with E-state index in [1.165, 1.54) is 6.07 Å². The molecule has 2 rings (SSSR count). The third-order valence-corrected chi connectivity index (χ3v) is 3.03. The molecule has 1 aromatic heterocycles. The van der Waals surface area contributed by atoms with E-state index in [9.17, 15) is 13.2 Å². The van der Waals surface area contributed by atoms with Gasteiger partial charge in [-0.2, -0.15) is 13.2 Å². The SMILES string of the molecule is FC(F)(F)c1c(Cl)ccc(-c2nnc(Br)o2)c1Cl. The fourth-order valence-corrected chi connectivity index (χ4v) is 2.19. The van der Waals surface area contributed by atoms with E-state index in [1.54, 1.807) is 0 Å². The van der Waals surface area contributed by atoms with Gasteiger partial charge in [0.15, 0.2) is 0 Å². The first-order valence-electron chi connectivity index (χ1n) is 4.35. The molecule has 0 spiro atoms. The summed E-state index contributed by atoms with van der Waals surface area (Å²) in [6.07, 6.45) is -4.67. The lowest BCUT2D eigenvalue weighted by Gasteiger charge is -2.12. The van der Waals surface area contributed by atoms with Crippen molar-refractivity contribution in [2.75, 3.05) is 0 Å². The first-order chi connectivity index (χ1) is 8.30. The summed E-state index contributed by atoms with van der Waals surface area (Å²) in [5, 5.41) is 5.95. The highest BCUT2D eigenvalue weighted by atomic mass is 79.9. The second-order valence-electron chi connectivity index (χ2n) is 3.14. The minimum atomic E-state index is -4.67. The van der Waals surface area contributed by atoms with Crippen molar-refractivity contribution in [3.63, 3.8) is 0 Å². The number of hydrogen-bond donors (Lipinski definition) is 0. The Morgan fingerprint density at radius 2 is 1.83 bits per heavy atom. The first kappa shape index (κ1) is 13.6. The van der Waals surface area contributed by atoms with Crippen LogP contribution >= 0.6 is 39.1 Å². The Morgan fingerprint density at radius 1 is 1.17 bits per heavy atom. The molecule has 0 saturated carbocycles. The molecule has 0 amide bonds. The average Bonchev–Trinajstić information content (AvgIpc) is 2.62. The summed E-state index contributed by atoms with van der Waals surface area (Å²) < 4.78 is 43.3. The van der Waals surface area contributed by atoms with Crippen LogP contribution in [0.1, 0.15) is 5.56 Å². The van der Waals surface area contributed by atoms with Gasteiger partial charge >= 0.3 is 6.18 Å². The summed E-state index contributed by atoms with van der Waals surface area (Å²) >= 11 is 14.1. The maximum atomic E-state index is 12.8. The van der Waals surface area contributed by atoms with Gasteiger partial charge in [-0.3, -0.25) is 0 Å². The van der Waals surface area contributed by atoms with E-state index in [0.29, 0.717) is 0 Å². The average molecular weight is 362 g/mol. The zero-order chi connectivity index (χ0) is 13.5. The molecule has 0 aliphatic rings. The van der Waals surface area contributed by atoms with Gasteiger partial charge in [-0.15, -0.1) is 10.2 Å². The number of rotatable bonds is 1. The predicted molar refractivity (Wildman–Crippen MR) is 62.5 cm³/mol. The summed E-state index contributed by atoms with van der Waals surface area (Å²) in [5.41, 5.74) is -1.16. The Bertz CT molecular complexity index is 600. The third-order valence-electron chi connectivity index (χ3n) is 2.01. The van der Waals surface area contributed by atoms with Crippen LogP contribution in [0.5, 0.6) is 0 Å². The highest BCUT2D eigenvalue weighted by Gasteiger charge is 2.37. The zero-order valence-corrected chi connectivity index (χ0v) is 11.3. The minimum absolute atomic E-state index is 0.0356. The summed E-state index contributed by atoms with van der Waals surface area (Å²) in [5.74, 6) is -0.131.